The Morgan fingerprint density at radius 2 is 1.21 bits per heavy atom. The van der Waals surface area contributed by atoms with E-state index in [1.54, 1.807) is 0 Å². The predicted octanol–water partition coefficient (Wildman–Crippen LogP) is 6.90. The van der Waals surface area contributed by atoms with Gasteiger partial charge in [0.1, 0.15) is 6.07 Å². The lowest BCUT2D eigenvalue weighted by atomic mass is 9.92. The van der Waals surface area contributed by atoms with E-state index in [-0.39, 0.29) is 0 Å². The number of hydrogen-bond donors (Lipinski definition) is 0. The van der Waals surface area contributed by atoms with Gasteiger partial charge in [0.25, 0.3) is 0 Å². The van der Waals surface area contributed by atoms with E-state index in [0.29, 0.717) is 5.56 Å². The van der Waals surface area contributed by atoms with Gasteiger partial charge in [-0.05, 0) is 40.1 Å². The maximum absolute atomic E-state index is 9.88. The first-order valence-electron chi connectivity index (χ1n) is 9.64. The topological polar surface area (TPSA) is 36.7 Å². The fourth-order valence-corrected chi connectivity index (χ4v) is 4.07. The summed E-state index contributed by atoms with van der Waals surface area (Å²) in [7, 11) is 0. The molecule has 0 bridgehead atoms. The van der Waals surface area contributed by atoms with Crippen molar-refractivity contribution in [3.63, 3.8) is 0 Å². The summed E-state index contributed by atoms with van der Waals surface area (Å²) in [6, 6.07) is 33.6. The Kier molecular flexibility index (Phi) is 4.08. The second kappa shape index (κ2) is 6.89. The summed E-state index contributed by atoms with van der Waals surface area (Å²) in [4.78, 5) is 4.81. The van der Waals surface area contributed by atoms with E-state index in [1.807, 2.05) is 37.3 Å². The van der Waals surface area contributed by atoms with Crippen LogP contribution in [0.3, 0.4) is 0 Å². The van der Waals surface area contributed by atoms with Crippen LogP contribution in [0.25, 0.3) is 43.9 Å². The third-order valence-corrected chi connectivity index (χ3v) is 5.46. The molecule has 5 aromatic rings. The van der Waals surface area contributed by atoms with E-state index in [9.17, 15) is 5.26 Å². The molecule has 0 atom stereocenters. The van der Waals surface area contributed by atoms with Crippen molar-refractivity contribution in [2.75, 3.05) is 0 Å². The molecule has 2 heteroatoms. The minimum absolute atomic E-state index is 0.630. The van der Waals surface area contributed by atoms with E-state index in [4.69, 9.17) is 4.98 Å². The maximum atomic E-state index is 9.88. The lowest BCUT2D eigenvalue weighted by molar-refractivity contribution is 1.19. The van der Waals surface area contributed by atoms with Gasteiger partial charge in [-0.25, -0.2) is 0 Å². The van der Waals surface area contributed by atoms with Gasteiger partial charge in [0.2, 0.25) is 0 Å². The van der Waals surface area contributed by atoms with Crippen LogP contribution >= 0.6 is 0 Å². The monoisotopic (exact) mass is 370 g/mol. The molecule has 1 aromatic heterocycles. The zero-order chi connectivity index (χ0) is 19.8. The molecule has 0 aliphatic carbocycles. The van der Waals surface area contributed by atoms with Crippen molar-refractivity contribution in [1.29, 1.82) is 5.26 Å². The van der Waals surface area contributed by atoms with Gasteiger partial charge in [-0.3, -0.25) is 4.98 Å². The highest BCUT2D eigenvalue weighted by Crippen LogP contribution is 2.36. The molecule has 0 radical (unpaired) electrons. The van der Waals surface area contributed by atoms with Gasteiger partial charge in [0.05, 0.1) is 17.0 Å². The van der Waals surface area contributed by atoms with Crippen LogP contribution in [0, 0.1) is 18.3 Å². The molecule has 29 heavy (non-hydrogen) atoms. The average molecular weight is 370 g/mol. The molecule has 1 heterocycles. The summed E-state index contributed by atoms with van der Waals surface area (Å²) in [5.74, 6) is 0. The number of nitrogens with zero attached hydrogens (tertiary/aromatic N) is 2. The molecule has 0 aliphatic rings. The van der Waals surface area contributed by atoms with Crippen LogP contribution in [0.15, 0.2) is 91.0 Å². The smallest absolute Gasteiger partial charge is 0.102 e. The van der Waals surface area contributed by atoms with Crippen LogP contribution in [0.5, 0.6) is 0 Å². The molecule has 0 amide bonds. The number of benzene rings is 4. The first kappa shape index (κ1) is 17.2. The first-order valence-corrected chi connectivity index (χ1v) is 9.64. The zero-order valence-corrected chi connectivity index (χ0v) is 16.1. The average Bonchev–Trinajstić information content (AvgIpc) is 2.78. The van der Waals surface area contributed by atoms with Crippen LogP contribution in [0.1, 0.15) is 11.3 Å². The Bertz CT molecular complexity index is 1410. The van der Waals surface area contributed by atoms with Crippen molar-refractivity contribution in [2.24, 2.45) is 0 Å². The quantitative estimate of drug-likeness (QED) is 0.339. The summed E-state index contributed by atoms with van der Waals surface area (Å²) in [6.45, 7) is 1.92. The van der Waals surface area contributed by atoms with Crippen LogP contribution in [-0.2, 0) is 0 Å². The highest BCUT2D eigenvalue weighted by Gasteiger charge is 2.15. The van der Waals surface area contributed by atoms with Gasteiger partial charge in [0.15, 0.2) is 0 Å². The molecule has 0 saturated carbocycles. The number of fused-ring (bicyclic) bond motifs is 2. The molecule has 0 aliphatic heterocycles. The van der Waals surface area contributed by atoms with Crippen LogP contribution < -0.4 is 0 Å². The number of pyridine rings is 1. The van der Waals surface area contributed by atoms with Gasteiger partial charge in [-0.2, -0.15) is 5.26 Å². The summed E-state index contributed by atoms with van der Waals surface area (Å²) in [5, 5.41) is 14.5. The van der Waals surface area contributed by atoms with Gasteiger partial charge >= 0.3 is 0 Å². The fraction of sp³-hybridized carbons (Fsp3) is 0.0370. The molecule has 136 valence electrons. The van der Waals surface area contributed by atoms with Crippen LogP contribution in [-0.4, -0.2) is 4.98 Å². The fourth-order valence-electron chi connectivity index (χ4n) is 4.07. The third-order valence-electron chi connectivity index (χ3n) is 5.46. The van der Waals surface area contributed by atoms with Crippen molar-refractivity contribution >= 4 is 21.5 Å². The molecule has 0 saturated heterocycles. The lowest BCUT2D eigenvalue weighted by Crippen LogP contribution is -1.97. The van der Waals surface area contributed by atoms with Gasteiger partial charge in [-0.15, -0.1) is 0 Å². The van der Waals surface area contributed by atoms with Crippen molar-refractivity contribution in [2.45, 2.75) is 6.92 Å². The molecule has 0 N–H and O–H groups in total. The van der Waals surface area contributed by atoms with E-state index < -0.39 is 0 Å². The summed E-state index contributed by atoms with van der Waals surface area (Å²) in [5.41, 5.74) is 5.34. The molecule has 0 fully saturated rings. The van der Waals surface area contributed by atoms with Crippen molar-refractivity contribution in [3.05, 3.63) is 102 Å². The summed E-state index contributed by atoms with van der Waals surface area (Å²) in [6.07, 6.45) is 0. The van der Waals surface area contributed by atoms with Crippen LogP contribution in [0.2, 0.25) is 0 Å². The van der Waals surface area contributed by atoms with E-state index in [0.717, 1.165) is 44.2 Å². The Morgan fingerprint density at radius 3 is 1.86 bits per heavy atom. The van der Waals surface area contributed by atoms with Crippen molar-refractivity contribution < 1.29 is 0 Å². The number of nitriles is 1. The number of aryl methyl sites for hydroxylation is 1. The zero-order valence-electron chi connectivity index (χ0n) is 16.1. The molecule has 2 nitrogen and oxygen atoms in total. The Morgan fingerprint density at radius 1 is 0.655 bits per heavy atom. The van der Waals surface area contributed by atoms with E-state index in [2.05, 4.69) is 66.7 Å². The SMILES string of the molecule is Cc1nc(-c2cccc3ccccc23)cc(-c2cccc3ccccc23)c1C#N. The van der Waals surface area contributed by atoms with Crippen molar-refractivity contribution in [1.82, 2.24) is 4.98 Å². The lowest BCUT2D eigenvalue weighted by Gasteiger charge is -2.14. The minimum atomic E-state index is 0.630. The van der Waals surface area contributed by atoms with Gasteiger partial charge < -0.3 is 0 Å². The number of hydrogen-bond acceptors (Lipinski definition) is 2. The molecular formula is C27H18N2. The van der Waals surface area contributed by atoms with Gasteiger partial charge in [0, 0.05) is 11.1 Å². The minimum Gasteiger partial charge on any atom is -0.252 e. The summed E-state index contributed by atoms with van der Waals surface area (Å²) < 4.78 is 0. The largest absolute Gasteiger partial charge is 0.252 e. The predicted molar refractivity (Wildman–Crippen MR) is 120 cm³/mol. The Balaban J connectivity index is 1.83. The summed E-state index contributed by atoms with van der Waals surface area (Å²) >= 11 is 0. The second-order valence-electron chi connectivity index (χ2n) is 7.18. The second-order valence-corrected chi connectivity index (χ2v) is 7.18. The van der Waals surface area contributed by atoms with Gasteiger partial charge in [-0.1, -0.05) is 84.9 Å². The molecular weight excluding hydrogens is 352 g/mol. The van der Waals surface area contributed by atoms with E-state index in [1.165, 1.54) is 5.39 Å². The highest BCUT2D eigenvalue weighted by molar-refractivity contribution is 6.00. The normalized spacial score (nSPS) is 10.9. The molecule has 0 spiro atoms. The Hall–Kier alpha value is -3.96. The first-order chi connectivity index (χ1) is 14.3. The number of rotatable bonds is 2. The third kappa shape index (κ3) is 2.85. The van der Waals surface area contributed by atoms with Crippen LogP contribution in [0.4, 0.5) is 0 Å². The molecule has 5 rings (SSSR count). The number of aromatic nitrogens is 1. The molecule has 0 unspecified atom stereocenters. The maximum Gasteiger partial charge on any atom is 0.102 e. The Labute approximate surface area is 169 Å². The standard InChI is InChI=1S/C27H18N2/c1-18-26(17-28)25(23-14-6-10-19-8-2-4-12-21(19)23)16-27(29-18)24-15-7-11-20-9-3-5-13-22(20)24/h2-16H,1H3. The highest BCUT2D eigenvalue weighted by atomic mass is 14.7. The molecule has 4 aromatic carbocycles. The van der Waals surface area contributed by atoms with Crippen molar-refractivity contribution in [3.8, 4) is 28.5 Å². The van der Waals surface area contributed by atoms with E-state index >= 15 is 0 Å².